The lowest BCUT2D eigenvalue weighted by Crippen LogP contribution is -2.26. The largest absolute Gasteiger partial charge is 0.480 e. The molecule has 0 unspecified atom stereocenters. The van der Waals surface area contributed by atoms with Gasteiger partial charge in [-0.2, -0.15) is 4.98 Å². The fourth-order valence-electron chi connectivity index (χ4n) is 4.05. The van der Waals surface area contributed by atoms with Crippen molar-refractivity contribution in [2.45, 2.75) is 28.7 Å². The molecule has 2 aromatic heterocycles. The minimum atomic E-state index is -3.93. The third kappa shape index (κ3) is 5.43. The Kier molecular flexibility index (Phi) is 7.35. The third-order valence-electron chi connectivity index (χ3n) is 6.32. The first-order chi connectivity index (χ1) is 19.0. The van der Waals surface area contributed by atoms with Crippen LogP contribution in [0.5, 0.6) is 11.9 Å². The van der Waals surface area contributed by atoms with Gasteiger partial charge in [0.25, 0.3) is 0 Å². The summed E-state index contributed by atoms with van der Waals surface area (Å²) in [5, 5.41) is 3.67. The van der Waals surface area contributed by atoms with Gasteiger partial charge in [0.05, 0.1) is 35.9 Å². The molecular weight excluding hydrogens is 556 g/mol. The molecule has 0 spiro atoms. The molecule has 1 aliphatic carbocycles. The van der Waals surface area contributed by atoms with Crippen LogP contribution in [-0.4, -0.2) is 70.4 Å². The Labute approximate surface area is 232 Å². The highest BCUT2D eigenvalue weighted by Gasteiger charge is 2.31. The van der Waals surface area contributed by atoms with E-state index in [4.69, 9.17) is 9.47 Å². The fraction of sp³-hybridized carbons (Fsp3) is 0.269. The molecule has 12 nitrogen and oxygen atoms in total. The van der Waals surface area contributed by atoms with Gasteiger partial charge in [0.2, 0.25) is 25.9 Å². The van der Waals surface area contributed by atoms with Crippen LogP contribution in [-0.2, 0) is 20.0 Å². The van der Waals surface area contributed by atoms with E-state index >= 15 is 0 Å². The van der Waals surface area contributed by atoms with E-state index in [1.54, 1.807) is 36.5 Å². The first-order valence-electron chi connectivity index (χ1n) is 12.2. The van der Waals surface area contributed by atoms with E-state index in [0.717, 1.165) is 17.1 Å². The van der Waals surface area contributed by atoms with Crippen LogP contribution in [0.15, 0.2) is 64.6 Å². The Morgan fingerprint density at radius 2 is 1.73 bits per heavy atom. The smallest absolute Gasteiger partial charge is 0.319 e. The molecule has 2 heterocycles. The van der Waals surface area contributed by atoms with Gasteiger partial charge in [0.15, 0.2) is 0 Å². The van der Waals surface area contributed by atoms with Crippen LogP contribution < -0.4 is 19.5 Å². The number of nitrogens with one attached hydrogen (secondary N) is 2. The molecule has 0 radical (unpaired) electrons. The predicted molar refractivity (Wildman–Crippen MR) is 150 cm³/mol. The SMILES string of the molecule is COc1ncc(-c2ccc3c(Nc4cccc(S(=O)(=O)N(C)C)c4)c(S(=O)(=O)NC4CC4)cnc3c2)c(OC)n1. The van der Waals surface area contributed by atoms with Crippen LogP contribution in [0.1, 0.15) is 12.8 Å². The zero-order valence-corrected chi connectivity index (χ0v) is 23.9. The van der Waals surface area contributed by atoms with Gasteiger partial charge in [-0.3, -0.25) is 4.98 Å². The van der Waals surface area contributed by atoms with Crippen molar-refractivity contribution in [3.63, 3.8) is 0 Å². The van der Waals surface area contributed by atoms with Crippen LogP contribution in [0.4, 0.5) is 11.4 Å². The zero-order valence-electron chi connectivity index (χ0n) is 22.2. The number of benzene rings is 2. The van der Waals surface area contributed by atoms with Crippen LogP contribution in [0, 0.1) is 0 Å². The molecule has 1 aliphatic rings. The Balaban J connectivity index is 1.65. The molecule has 0 bridgehead atoms. The highest BCUT2D eigenvalue weighted by molar-refractivity contribution is 7.89. The van der Waals surface area contributed by atoms with Crippen LogP contribution >= 0.6 is 0 Å². The minimum absolute atomic E-state index is 0.0501. The standard InChI is InChI=1S/C26H28N6O6S2/c1-32(2)40(35,36)19-7-5-6-18(13-19)29-24-20-11-8-16(21-14-28-26(38-4)30-25(21)37-3)12-22(20)27-15-23(24)39(33,34)31-17-9-10-17/h5-8,11-15,17,31H,9-10H2,1-4H3,(H,27,29). The molecule has 2 aromatic carbocycles. The van der Waals surface area contributed by atoms with Crippen molar-refractivity contribution < 1.29 is 26.3 Å². The maximum atomic E-state index is 13.3. The van der Waals surface area contributed by atoms with Crippen molar-refractivity contribution in [1.82, 2.24) is 24.0 Å². The van der Waals surface area contributed by atoms with Gasteiger partial charge in [-0.05, 0) is 42.7 Å². The van der Waals surface area contributed by atoms with Crippen molar-refractivity contribution in [3.05, 3.63) is 54.9 Å². The van der Waals surface area contributed by atoms with E-state index in [1.165, 1.54) is 46.6 Å². The molecule has 40 heavy (non-hydrogen) atoms. The van der Waals surface area contributed by atoms with Gasteiger partial charge in [-0.15, -0.1) is 0 Å². The Morgan fingerprint density at radius 3 is 2.40 bits per heavy atom. The van der Waals surface area contributed by atoms with Crippen molar-refractivity contribution in [2.75, 3.05) is 33.6 Å². The topological polar surface area (TPSA) is 153 Å². The number of fused-ring (bicyclic) bond motifs is 1. The first-order valence-corrected chi connectivity index (χ1v) is 15.2. The predicted octanol–water partition coefficient (Wildman–Crippen LogP) is 3.14. The summed E-state index contributed by atoms with van der Waals surface area (Å²) in [7, 11) is -1.80. The molecule has 0 saturated heterocycles. The normalized spacial score (nSPS) is 13.9. The molecule has 2 N–H and O–H groups in total. The monoisotopic (exact) mass is 584 g/mol. The highest BCUT2D eigenvalue weighted by atomic mass is 32.2. The summed E-state index contributed by atoms with van der Waals surface area (Å²) in [4.78, 5) is 12.9. The summed E-state index contributed by atoms with van der Waals surface area (Å²) >= 11 is 0. The number of pyridine rings is 1. The maximum Gasteiger partial charge on any atom is 0.319 e. The van der Waals surface area contributed by atoms with Gasteiger partial charge in [0, 0.05) is 43.6 Å². The lowest BCUT2D eigenvalue weighted by molar-refractivity contribution is 0.353. The molecule has 4 aromatic rings. The fourth-order valence-corrected chi connectivity index (χ4v) is 6.42. The highest BCUT2D eigenvalue weighted by Crippen LogP contribution is 2.37. The number of ether oxygens (including phenoxy) is 2. The van der Waals surface area contributed by atoms with E-state index < -0.39 is 20.0 Å². The van der Waals surface area contributed by atoms with Gasteiger partial charge < -0.3 is 14.8 Å². The second-order valence-electron chi connectivity index (χ2n) is 9.34. The summed E-state index contributed by atoms with van der Waals surface area (Å²) in [6, 6.07) is 11.5. The third-order valence-corrected chi connectivity index (χ3v) is 9.67. The second kappa shape index (κ2) is 10.6. The van der Waals surface area contributed by atoms with Crippen molar-refractivity contribution >= 4 is 42.3 Å². The molecule has 1 fully saturated rings. The molecule has 0 atom stereocenters. The molecular formula is C26H28N6O6S2. The molecule has 5 rings (SSSR count). The number of aromatic nitrogens is 3. The average Bonchev–Trinajstić information content (AvgIpc) is 3.75. The van der Waals surface area contributed by atoms with Crippen molar-refractivity contribution in [1.29, 1.82) is 0 Å². The molecule has 0 amide bonds. The Hall–Kier alpha value is -3.85. The maximum absolute atomic E-state index is 13.3. The van der Waals surface area contributed by atoms with E-state index in [9.17, 15) is 16.8 Å². The number of hydrogen-bond donors (Lipinski definition) is 2. The van der Waals surface area contributed by atoms with Gasteiger partial charge in [0.1, 0.15) is 4.90 Å². The van der Waals surface area contributed by atoms with Crippen LogP contribution in [0.2, 0.25) is 0 Å². The first kappa shape index (κ1) is 27.7. The quantitative estimate of drug-likeness (QED) is 0.284. The van der Waals surface area contributed by atoms with Crippen LogP contribution in [0.3, 0.4) is 0 Å². The summed E-state index contributed by atoms with van der Waals surface area (Å²) in [6.07, 6.45) is 4.40. The van der Waals surface area contributed by atoms with Crippen molar-refractivity contribution in [2.24, 2.45) is 0 Å². The number of rotatable bonds is 10. The number of hydrogen-bond acceptors (Lipinski definition) is 10. The molecule has 0 aliphatic heterocycles. The summed E-state index contributed by atoms with van der Waals surface area (Å²) in [5.41, 5.74) is 2.43. The average molecular weight is 585 g/mol. The molecule has 210 valence electrons. The van der Waals surface area contributed by atoms with Gasteiger partial charge >= 0.3 is 6.01 Å². The second-order valence-corrected chi connectivity index (χ2v) is 13.2. The van der Waals surface area contributed by atoms with E-state index in [1.807, 2.05) is 0 Å². The van der Waals surface area contributed by atoms with Crippen molar-refractivity contribution in [3.8, 4) is 23.0 Å². The summed E-state index contributed by atoms with van der Waals surface area (Å²) < 4.78 is 66.4. The number of anilines is 2. The van der Waals surface area contributed by atoms with Crippen LogP contribution in [0.25, 0.3) is 22.0 Å². The molecule has 14 heteroatoms. The lowest BCUT2D eigenvalue weighted by atomic mass is 10.0. The number of methoxy groups -OCH3 is 2. The van der Waals surface area contributed by atoms with Gasteiger partial charge in [-0.1, -0.05) is 18.2 Å². The van der Waals surface area contributed by atoms with E-state index in [-0.39, 0.29) is 27.5 Å². The minimum Gasteiger partial charge on any atom is -0.480 e. The van der Waals surface area contributed by atoms with E-state index in [0.29, 0.717) is 33.6 Å². The van der Waals surface area contributed by atoms with Gasteiger partial charge in [-0.25, -0.2) is 30.8 Å². The van der Waals surface area contributed by atoms with E-state index in [2.05, 4.69) is 25.0 Å². The molecule has 1 saturated carbocycles. The Bertz CT molecular complexity index is 1810. The number of sulfonamides is 2. The summed E-state index contributed by atoms with van der Waals surface area (Å²) in [6.45, 7) is 0. The lowest BCUT2D eigenvalue weighted by Gasteiger charge is -2.17. The zero-order chi connectivity index (χ0) is 28.7. The number of nitrogens with zero attached hydrogens (tertiary/aromatic N) is 4. The summed E-state index contributed by atoms with van der Waals surface area (Å²) in [5.74, 6) is 0.302. The Morgan fingerprint density at radius 1 is 0.950 bits per heavy atom.